The summed E-state index contributed by atoms with van der Waals surface area (Å²) in [7, 11) is 1.55. The molecule has 3 rings (SSSR count). The number of carboxylic acid groups (broad SMARTS) is 1. The molecule has 142 valence electrons. The number of ether oxygens (including phenoxy) is 1. The smallest absolute Gasteiger partial charge is 0.345 e. The van der Waals surface area contributed by atoms with Gasteiger partial charge in [0.05, 0.1) is 25.3 Å². The van der Waals surface area contributed by atoms with E-state index in [1.54, 1.807) is 18.1 Å². The molecule has 1 saturated heterocycles. The van der Waals surface area contributed by atoms with Crippen LogP contribution in [0, 0.1) is 12.8 Å². The molecule has 1 fully saturated rings. The maximum absolute atomic E-state index is 12.5. The van der Waals surface area contributed by atoms with Crippen LogP contribution in [0.15, 0.2) is 30.3 Å². The summed E-state index contributed by atoms with van der Waals surface area (Å²) in [6, 6.07) is 8.77. The third-order valence-corrected chi connectivity index (χ3v) is 5.50. The third-order valence-electron chi connectivity index (χ3n) is 4.43. The molecule has 1 aliphatic rings. The number of aryl methyl sites for hydroxylation is 1. The van der Waals surface area contributed by atoms with Crippen LogP contribution in [0.3, 0.4) is 0 Å². The molecule has 0 saturated carbocycles. The lowest BCUT2D eigenvalue weighted by Gasteiger charge is -2.20. The summed E-state index contributed by atoms with van der Waals surface area (Å²) in [5, 5.41) is 11.7. The summed E-state index contributed by atoms with van der Waals surface area (Å²) in [5.74, 6) is -1.19. The number of hydrogen-bond donors (Lipinski definition) is 2. The first kappa shape index (κ1) is 18.9. The average Bonchev–Trinajstić information content (AvgIpc) is 3.26. The molecule has 0 radical (unpaired) electrons. The highest BCUT2D eigenvalue weighted by Gasteiger charge is 2.36. The number of rotatable bonds is 6. The van der Waals surface area contributed by atoms with Crippen molar-refractivity contribution in [3.8, 4) is 5.75 Å². The van der Waals surface area contributed by atoms with Gasteiger partial charge in [0.2, 0.25) is 11.8 Å². The van der Waals surface area contributed by atoms with Crippen LogP contribution >= 0.6 is 11.3 Å². The molecule has 8 heteroatoms. The van der Waals surface area contributed by atoms with Gasteiger partial charge in [-0.2, -0.15) is 0 Å². The van der Waals surface area contributed by atoms with Gasteiger partial charge in [-0.1, -0.05) is 6.07 Å². The van der Waals surface area contributed by atoms with E-state index in [9.17, 15) is 14.4 Å². The Kier molecular flexibility index (Phi) is 5.46. The summed E-state index contributed by atoms with van der Waals surface area (Å²) in [4.78, 5) is 38.4. The normalized spacial score (nSPS) is 16.4. The average molecular weight is 388 g/mol. The van der Waals surface area contributed by atoms with E-state index in [1.165, 1.54) is 6.07 Å². The van der Waals surface area contributed by atoms with Crippen molar-refractivity contribution in [3.63, 3.8) is 0 Å². The Morgan fingerprint density at radius 1 is 1.33 bits per heavy atom. The van der Waals surface area contributed by atoms with Crippen LogP contribution in [0.2, 0.25) is 0 Å². The Hall–Kier alpha value is -2.87. The van der Waals surface area contributed by atoms with Gasteiger partial charge < -0.3 is 20.1 Å². The first-order valence-electron chi connectivity index (χ1n) is 8.43. The fraction of sp³-hybridized carbons (Fsp3) is 0.316. The Morgan fingerprint density at radius 3 is 2.78 bits per heavy atom. The van der Waals surface area contributed by atoms with Crippen molar-refractivity contribution in [2.45, 2.75) is 19.9 Å². The molecule has 7 nitrogen and oxygen atoms in total. The number of amides is 2. The third kappa shape index (κ3) is 4.11. The number of benzene rings is 1. The molecule has 1 aromatic heterocycles. The first-order valence-corrected chi connectivity index (χ1v) is 9.25. The largest absolute Gasteiger partial charge is 0.495 e. The Bertz CT molecular complexity index is 892. The van der Waals surface area contributed by atoms with E-state index in [4.69, 9.17) is 9.84 Å². The van der Waals surface area contributed by atoms with Gasteiger partial charge in [-0.05, 0) is 36.8 Å². The van der Waals surface area contributed by atoms with Crippen molar-refractivity contribution < 1.29 is 24.2 Å². The zero-order chi connectivity index (χ0) is 19.6. The van der Waals surface area contributed by atoms with Gasteiger partial charge >= 0.3 is 5.97 Å². The number of carbonyl (C=O) groups excluding carboxylic acids is 2. The van der Waals surface area contributed by atoms with E-state index >= 15 is 0 Å². The number of methoxy groups -OCH3 is 1. The summed E-state index contributed by atoms with van der Waals surface area (Å²) in [5.41, 5.74) is 1.67. The lowest BCUT2D eigenvalue weighted by atomic mass is 10.1. The van der Waals surface area contributed by atoms with E-state index in [0.29, 0.717) is 11.4 Å². The fourth-order valence-corrected chi connectivity index (χ4v) is 3.82. The monoisotopic (exact) mass is 388 g/mol. The van der Waals surface area contributed by atoms with Crippen molar-refractivity contribution in [2.24, 2.45) is 5.92 Å². The number of hydrogen-bond acceptors (Lipinski definition) is 5. The lowest BCUT2D eigenvalue weighted by Crippen LogP contribution is -2.32. The molecule has 2 amide bonds. The highest BCUT2D eigenvalue weighted by molar-refractivity contribution is 7.13. The fourth-order valence-electron chi connectivity index (χ4n) is 3.03. The number of aromatic carboxylic acids is 1. The summed E-state index contributed by atoms with van der Waals surface area (Å²) < 4.78 is 5.34. The van der Waals surface area contributed by atoms with Gasteiger partial charge in [-0.15, -0.1) is 11.3 Å². The number of thiophene rings is 1. The number of anilines is 1. The van der Waals surface area contributed by atoms with Gasteiger partial charge in [0.25, 0.3) is 0 Å². The molecule has 1 atom stereocenters. The van der Waals surface area contributed by atoms with E-state index in [1.807, 2.05) is 25.1 Å². The van der Waals surface area contributed by atoms with E-state index in [0.717, 1.165) is 21.8 Å². The standard InChI is InChI=1S/C19H20N2O5S/c1-11-3-5-15(26-2)14(7-11)21-10-12(8-17(21)22)18(23)20-9-13-4-6-16(27-13)19(24)25/h3-7,12H,8-10H2,1-2H3,(H,20,23)(H,24,25). The van der Waals surface area contributed by atoms with Gasteiger partial charge in [0.1, 0.15) is 10.6 Å². The number of carboxylic acids is 1. The molecular weight excluding hydrogens is 368 g/mol. The zero-order valence-electron chi connectivity index (χ0n) is 15.0. The highest BCUT2D eigenvalue weighted by Crippen LogP contribution is 2.34. The van der Waals surface area contributed by atoms with Crippen LogP contribution in [0.1, 0.15) is 26.5 Å². The minimum absolute atomic E-state index is 0.122. The van der Waals surface area contributed by atoms with Crippen molar-refractivity contribution in [1.29, 1.82) is 0 Å². The second-order valence-electron chi connectivity index (χ2n) is 6.37. The van der Waals surface area contributed by atoms with E-state index in [2.05, 4.69) is 5.32 Å². The van der Waals surface area contributed by atoms with Crippen LogP contribution in [0.5, 0.6) is 5.75 Å². The summed E-state index contributed by atoms with van der Waals surface area (Å²) >= 11 is 1.12. The van der Waals surface area contributed by atoms with Crippen LogP contribution in [-0.2, 0) is 16.1 Å². The molecule has 27 heavy (non-hydrogen) atoms. The first-order chi connectivity index (χ1) is 12.9. The molecule has 1 aromatic carbocycles. The molecule has 1 unspecified atom stereocenters. The minimum Gasteiger partial charge on any atom is -0.495 e. The summed E-state index contributed by atoms with van der Waals surface area (Å²) in [6.07, 6.45) is 0.133. The van der Waals surface area contributed by atoms with Crippen molar-refractivity contribution in [2.75, 3.05) is 18.6 Å². The lowest BCUT2D eigenvalue weighted by molar-refractivity contribution is -0.126. The van der Waals surface area contributed by atoms with E-state index in [-0.39, 0.29) is 36.2 Å². The molecule has 2 heterocycles. The predicted octanol–water partition coefficient (Wildman–Crippen LogP) is 2.43. The van der Waals surface area contributed by atoms with Crippen LogP contribution in [0.4, 0.5) is 5.69 Å². The molecular formula is C19H20N2O5S. The van der Waals surface area contributed by atoms with Crippen LogP contribution in [-0.4, -0.2) is 36.5 Å². The van der Waals surface area contributed by atoms with Crippen molar-refractivity contribution in [3.05, 3.63) is 45.6 Å². The van der Waals surface area contributed by atoms with Crippen molar-refractivity contribution >= 4 is 34.8 Å². The molecule has 0 bridgehead atoms. The van der Waals surface area contributed by atoms with Crippen molar-refractivity contribution in [1.82, 2.24) is 5.32 Å². The Morgan fingerprint density at radius 2 is 2.11 bits per heavy atom. The van der Waals surface area contributed by atoms with Gasteiger partial charge in [0.15, 0.2) is 0 Å². The SMILES string of the molecule is COc1ccc(C)cc1N1CC(C(=O)NCc2ccc(C(=O)O)s2)CC1=O. The Labute approximate surface area is 160 Å². The van der Waals surface area contributed by atoms with E-state index < -0.39 is 11.9 Å². The molecule has 2 N–H and O–H groups in total. The molecule has 1 aliphatic heterocycles. The molecule has 0 spiro atoms. The van der Waals surface area contributed by atoms with Crippen LogP contribution in [0.25, 0.3) is 0 Å². The zero-order valence-corrected chi connectivity index (χ0v) is 15.8. The predicted molar refractivity (Wildman–Crippen MR) is 101 cm³/mol. The van der Waals surface area contributed by atoms with Crippen LogP contribution < -0.4 is 15.0 Å². The maximum Gasteiger partial charge on any atom is 0.345 e. The summed E-state index contributed by atoms with van der Waals surface area (Å²) in [6.45, 7) is 2.46. The van der Waals surface area contributed by atoms with Gasteiger partial charge in [-0.25, -0.2) is 4.79 Å². The molecule has 0 aliphatic carbocycles. The maximum atomic E-state index is 12.5. The number of nitrogens with one attached hydrogen (secondary N) is 1. The quantitative estimate of drug-likeness (QED) is 0.792. The highest BCUT2D eigenvalue weighted by atomic mass is 32.1. The number of carbonyl (C=O) groups is 3. The minimum atomic E-state index is -0.985. The number of nitrogens with zero attached hydrogens (tertiary/aromatic N) is 1. The van der Waals surface area contributed by atoms with Gasteiger partial charge in [-0.3, -0.25) is 9.59 Å². The topological polar surface area (TPSA) is 95.9 Å². The Balaban J connectivity index is 1.65. The molecule has 2 aromatic rings. The second-order valence-corrected chi connectivity index (χ2v) is 7.54. The second kappa shape index (κ2) is 7.79. The van der Waals surface area contributed by atoms with Gasteiger partial charge in [0, 0.05) is 17.8 Å².